The van der Waals surface area contributed by atoms with Crippen molar-refractivity contribution in [3.63, 3.8) is 0 Å². The van der Waals surface area contributed by atoms with Crippen LogP contribution in [0.2, 0.25) is 0 Å². The van der Waals surface area contributed by atoms with Crippen LogP contribution in [-0.2, 0) is 19.4 Å². The lowest BCUT2D eigenvalue weighted by atomic mass is 9.97. The first-order valence-electron chi connectivity index (χ1n) is 7.05. The van der Waals surface area contributed by atoms with Crippen molar-refractivity contribution in [3.05, 3.63) is 0 Å². The second-order valence-electron chi connectivity index (χ2n) is 5.43. The number of sulfone groups is 1. The van der Waals surface area contributed by atoms with Crippen molar-refractivity contribution in [2.24, 2.45) is 0 Å². The van der Waals surface area contributed by atoms with E-state index in [2.05, 4.69) is 5.32 Å². The molecule has 6 nitrogen and oxygen atoms in total. The molecule has 1 N–H and O–H groups in total. The summed E-state index contributed by atoms with van der Waals surface area (Å²) in [6.07, 6.45) is 1.27. The summed E-state index contributed by atoms with van der Waals surface area (Å²) in [6.45, 7) is 5.76. The summed E-state index contributed by atoms with van der Waals surface area (Å²) in [5.41, 5.74) is -0.928. The van der Waals surface area contributed by atoms with E-state index in [1.165, 1.54) is 4.90 Å². The van der Waals surface area contributed by atoms with Crippen molar-refractivity contribution in [1.82, 2.24) is 10.2 Å². The van der Waals surface area contributed by atoms with Gasteiger partial charge in [-0.3, -0.25) is 9.59 Å². The molecule has 1 aliphatic heterocycles. The van der Waals surface area contributed by atoms with Gasteiger partial charge in [-0.15, -0.1) is 0 Å². The predicted octanol–water partition coefficient (Wildman–Crippen LogP) is 0.328. The van der Waals surface area contributed by atoms with E-state index in [1.54, 1.807) is 6.92 Å². The van der Waals surface area contributed by atoms with Crippen LogP contribution in [0.4, 0.5) is 0 Å². The molecule has 7 heteroatoms. The lowest BCUT2D eigenvalue weighted by molar-refractivity contribution is -0.138. The molecule has 1 unspecified atom stereocenters. The third-order valence-electron chi connectivity index (χ3n) is 3.68. The Morgan fingerprint density at radius 2 is 1.90 bits per heavy atom. The van der Waals surface area contributed by atoms with Gasteiger partial charge in [-0.1, -0.05) is 13.8 Å². The molecule has 2 amide bonds. The molecular weight excluding hydrogens is 280 g/mol. The molecule has 1 fully saturated rings. The van der Waals surface area contributed by atoms with Gasteiger partial charge < -0.3 is 10.2 Å². The van der Waals surface area contributed by atoms with Crippen LogP contribution in [0.1, 0.15) is 40.0 Å². The Kier molecular flexibility index (Phi) is 5.56. The summed E-state index contributed by atoms with van der Waals surface area (Å²) in [5.74, 6) is -0.267. The SMILES string of the molecule is CCCS(=O)(=O)CCN1CCC(=O)NC(C)(CC)C1=O. The van der Waals surface area contributed by atoms with Crippen LogP contribution in [0.3, 0.4) is 0 Å². The Morgan fingerprint density at radius 1 is 1.25 bits per heavy atom. The fourth-order valence-electron chi connectivity index (χ4n) is 2.23. The topological polar surface area (TPSA) is 83.6 Å². The fraction of sp³-hybridized carbons (Fsp3) is 0.846. The Hall–Kier alpha value is -1.11. The summed E-state index contributed by atoms with van der Waals surface area (Å²) in [6, 6.07) is 0. The zero-order chi connectivity index (χ0) is 15.4. The maximum Gasteiger partial charge on any atom is 0.248 e. The van der Waals surface area contributed by atoms with Gasteiger partial charge in [0.05, 0.1) is 5.75 Å². The Balaban J connectivity index is 2.79. The Labute approximate surface area is 120 Å². The minimum atomic E-state index is -3.12. The summed E-state index contributed by atoms with van der Waals surface area (Å²) in [5, 5.41) is 2.73. The summed E-state index contributed by atoms with van der Waals surface area (Å²) < 4.78 is 23.5. The molecule has 1 aliphatic rings. The fourth-order valence-corrected chi connectivity index (χ4v) is 3.55. The van der Waals surface area contributed by atoms with Gasteiger partial charge in [0.2, 0.25) is 11.8 Å². The molecule has 20 heavy (non-hydrogen) atoms. The van der Waals surface area contributed by atoms with Crippen molar-refractivity contribution in [1.29, 1.82) is 0 Å². The van der Waals surface area contributed by atoms with Gasteiger partial charge in [-0.2, -0.15) is 0 Å². The van der Waals surface area contributed by atoms with Crippen molar-refractivity contribution in [2.45, 2.75) is 45.6 Å². The molecule has 1 saturated heterocycles. The van der Waals surface area contributed by atoms with Crippen LogP contribution >= 0.6 is 0 Å². The number of nitrogens with zero attached hydrogens (tertiary/aromatic N) is 1. The standard InChI is InChI=1S/C13H24N2O4S/c1-4-9-20(18,19)10-8-15-7-6-11(16)14-13(3,5-2)12(15)17/h4-10H2,1-3H3,(H,14,16). The molecule has 0 radical (unpaired) electrons. The van der Waals surface area contributed by atoms with E-state index in [-0.39, 0.29) is 42.8 Å². The number of amides is 2. The highest BCUT2D eigenvalue weighted by Gasteiger charge is 2.39. The van der Waals surface area contributed by atoms with E-state index in [1.807, 2.05) is 13.8 Å². The zero-order valence-electron chi connectivity index (χ0n) is 12.4. The molecule has 0 aromatic rings. The lowest BCUT2D eigenvalue weighted by Gasteiger charge is -2.31. The van der Waals surface area contributed by atoms with Crippen LogP contribution in [0.5, 0.6) is 0 Å². The molecule has 1 atom stereocenters. The average Bonchev–Trinajstić information content (AvgIpc) is 2.47. The molecular formula is C13H24N2O4S. The molecule has 0 saturated carbocycles. The number of nitrogens with one attached hydrogen (secondary N) is 1. The number of carbonyl (C=O) groups is 2. The second kappa shape index (κ2) is 6.56. The molecule has 0 bridgehead atoms. The number of rotatable bonds is 6. The minimum Gasteiger partial charge on any atom is -0.342 e. The van der Waals surface area contributed by atoms with E-state index >= 15 is 0 Å². The normalized spacial score (nSPS) is 24.4. The summed E-state index contributed by atoms with van der Waals surface area (Å²) in [7, 11) is -3.12. The second-order valence-corrected chi connectivity index (χ2v) is 7.73. The molecule has 1 heterocycles. The van der Waals surface area contributed by atoms with Gasteiger partial charge in [-0.05, 0) is 19.8 Å². The summed E-state index contributed by atoms with van der Waals surface area (Å²) >= 11 is 0. The van der Waals surface area contributed by atoms with E-state index in [4.69, 9.17) is 0 Å². The largest absolute Gasteiger partial charge is 0.342 e. The zero-order valence-corrected chi connectivity index (χ0v) is 13.3. The third kappa shape index (κ3) is 4.19. The van der Waals surface area contributed by atoms with Gasteiger partial charge >= 0.3 is 0 Å². The van der Waals surface area contributed by atoms with Crippen LogP contribution in [0.25, 0.3) is 0 Å². The van der Waals surface area contributed by atoms with Gasteiger partial charge in [0.25, 0.3) is 0 Å². The smallest absolute Gasteiger partial charge is 0.248 e. The molecule has 0 aromatic carbocycles. The van der Waals surface area contributed by atoms with Crippen molar-refractivity contribution in [3.8, 4) is 0 Å². The molecule has 116 valence electrons. The Morgan fingerprint density at radius 3 is 2.45 bits per heavy atom. The quantitative estimate of drug-likeness (QED) is 0.766. The van der Waals surface area contributed by atoms with Crippen molar-refractivity contribution < 1.29 is 18.0 Å². The molecule has 0 spiro atoms. The van der Waals surface area contributed by atoms with E-state index < -0.39 is 15.4 Å². The lowest BCUT2D eigenvalue weighted by Crippen LogP contribution is -2.55. The highest BCUT2D eigenvalue weighted by molar-refractivity contribution is 7.91. The maximum absolute atomic E-state index is 12.4. The molecule has 0 aromatic heterocycles. The number of hydrogen-bond acceptors (Lipinski definition) is 4. The van der Waals surface area contributed by atoms with E-state index in [0.717, 1.165) is 0 Å². The highest BCUT2D eigenvalue weighted by atomic mass is 32.2. The number of carbonyl (C=O) groups excluding carboxylic acids is 2. The van der Waals surface area contributed by atoms with Gasteiger partial charge in [0, 0.05) is 25.3 Å². The predicted molar refractivity (Wildman–Crippen MR) is 77.0 cm³/mol. The average molecular weight is 304 g/mol. The van der Waals surface area contributed by atoms with Crippen LogP contribution in [0, 0.1) is 0 Å². The first-order chi connectivity index (χ1) is 9.24. The molecule has 0 aliphatic carbocycles. The number of hydrogen-bond donors (Lipinski definition) is 1. The minimum absolute atomic E-state index is 0.0411. The first kappa shape index (κ1) is 16.9. The monoisotopic (exact) mass is 304 g/mol. The van der Waals surface area contributed by atoms with Crippen LogP contribution in [-0.4, -0.2) is 55.3 Å². The van der Waals surface area contributed by atoms with Crippen molar-refractivity contribution in [2.75, 3.05) is 24.6 Å². The van der Waals surface area contributed by atoms with Gasteiger partial charge in [0.15, 0.2) is 9.84 Å². The van der Waals surface area contributed by atoms with Crippen LogP contribution in [0.15, 0.2) is 0 Å². The van der Waals surface area contributed by atoms with Gasteiger partial charge in [-0.25, -0.2) is 8.42 Å². The Bertz CT molecular complexity index is 475. The maximum atomic E-state index is 12.4. The highest BCUT2D eigenvalue weighted by Crippen LogP contribution is 2.17. The molecule has 1 rings (SSSR count). The van der Waals surface area contributed by atoms with Crippen LogP contribution < -0.4 is 5.32 Å². The first-order valence-corrected chi connectivity index (χ1v) is 8.87. The van der Waals surface area contributed by atoms with Gasteiger partial charge in [0.1, 0.15) is 5.54 Å². The van der Waals surface area contributed by atoms with Crippen molar-refractivity contribution >= 4 is 21.7 Å². The van der Waals surface area contributed by atoms with E-state index in [9.17, 15) is 18.0 Å². The summed E-state index contributed by atoms with van der Waals surface area (Å²) in [4.78, 5) is 25.6. The van der Waals surface area contributed by atoms with E-state index in [0.29, 0.717) is 12.8 Å². The third-order valence-corrected chi connectivity index (χ3v) is 5.51.